The molecule has 261 valence electrons. The molecule has 1 radical (unpaired) electrons. The molecule has 3 nitrogen and oxygen atoms in total. The molecule has 8 rings (SSSR count). The van der Waals surface area contributed by atoms with Crippen LogP contribution in [0.1, 0.15) is 30.9 Å². The summed E-state index contributed by atoms with van der Waals surface area (Å²) in [5.41, 5.74) is 13.0. The van der Waals surface area contributed by atoms with Crippen molar-refractivity contribution in [2.45, 2.75) is 44.0 Å². The third kappa shape index (κ3) is 8.05. The summed E-state index contributed by atoms with van der Waals surface area (Å²) in [6, 6.07) is 50.6. The first-order chi connectivity index (χ1) is 24.7. The molecule has 0 aliphatic rings. The van der Waals surface area contributed by atoms with Crippen molar-refractivity contribution in [1.29, 1.82) is 0 Å². The van der Waals surface area contributed by atoms with Crippen LogP contribution in [0.4, 0.5) is 0 Å². The first kappa shape index (κ1) is 37.2. The third-order valence-electron chi connectivity index (χ3n) is 9.37. The number of aromatic nitrogens is 2. The molecule has 0 aliphatic carbocycles. The van der Waals surface area contributed by atoms with E-state index in [0.29, 0.717) is 5.92 Å². The molecule has 0 N–H and O–H groups in total. The summed E-state index contributed by atoms with van der Waals surface area (Å²) in [5, 5.41) is 2.20. The summed E-state index contributed by atoms with van der Waals surface area (Å²) >= 11 is -1.77. The minimum absolute atomic E-state index is 0. The minimum Gasteiger partial charge on any atom is 0 e. The van der Waals surface area contributed by atoms with E-state index in [1.807, 2.05) is 36.5 Å². The molecule has 0 bridgehead atoms. The molecule has 0 saturated heterocycles. The molecule has 0 atom stereocenters. The Bertz CT molecular complexity index is 2430. The Morgan fingerprint density at radius 2 is 1.33 bits per heavy atom. The van der Waals surface area contributed by atoms with Crippen molar-refractivity contribution in [3.8, 4) is 44.8 Å². The van der Waals surface area contributed by atoms with E-state index in [1.165, 1.54) is 32.2 Å². The van der Waals surface area contributed by atoms with Gasteiger partial charge in [-0.25, -0.2) is 0 Å². The summed E-state index contributed by atoms with van der Waals surface area (Å²) in [6.45, 7) is 6.58. The number of nitrogens with zero attached hydrogens (tertiary/aromatic N) is 2. The average molecular weight is 916 g/mol. The van der Waals surface area contributed by atoms with Crippen LogP contribution in [0.5, 0.6) is 0 Å². The van der Waals surface area contributed by atoms with Crippen LogP contribution in [0.3, 0.4) is 0 Å². The van der Waals surface area contributed by atoms with Gasteiger partial charge in [-0.2, -0.15) is 0 Å². The van der Waals surface area contributed by atoms with Gasteiger partial charge in [-0.1, -0.05) is 103 Å². The second-order valence-electron chi connectivity index (χ2n) is 14.4. The van der Waals surface area contributed by atoms with E-state index in [1.54, 1.807) is 0 Å². The molecule has 8 aromatic rings. The number of aryl methyl sites for hydroxylation is 1. The van der Waals surface area contributed by atoms with Crippen LogP contribution in [-0.2, 0) is 20.1 Å². The van der Waals surface area contributed by atoms with Gasteiger partial charge in [0.2, 0.25) is 0 Å². The molecule has 0 unspecified atom stereocenters. The van der Waals surface area contributed by atoms with Crippen LogP contribution in [0.15, 0.2) is 144 Å². The molecular weight excluding hydrogens is 873 g/mol. The van der Waals surface area contributed by atoms with Gasteiger partial charge in [-0.15, -0.1) is 18.2 Å². The van der Waals surface area contributed by atoms with E-state index in [2.05, 4.69) is 163 Å². The van der Waals surface area contributed by atoms with Crippen LogP contribution in [-0.4, -0.2) is 23.2 Å². The molecule has 5 heteroatoms. The summed E-state index contributed by atoms with van der Waals surface area (Å²) < 4.78 is 7.91. The van der Waals surface area contributed by atoms with Crippen LogP contribution in [0, 0.1) is 19.1 Å². The monoisotopic (exact) mass is 917 g/mol. The Kier molecular flexibility index (Phi) is 11.4. The van der Waals surface area contributed by atoms with Crippen molar-refractivity contribution in [2.24, 2.45) is 0 Å². The topological polar surface area (TPSA) is 38.9 Å². The number of pyridine rings is 2. The second-order valence-corrected chi connectivity index (χ2v) is 25.0. The predicted octanol–water partition coefficient (Wildman–Crippen LogP) is 12.3. The fourth-order valence-electron chi connectivity index (χ4n) is 6.58. The van der Waals surface area contributed by atoms with E-state index in [0.717, 1.165) is 50.0 Å². The number of hydrogen-bond donors (Lipinski definition) is 0. The maximum absolute atomic E-state index is 6.42. The van der Waals surface area contributed by atoms with Gasteiger partial charge in [-0.3, -0.25) is 0 Å². The van der Waals surface area contributed by atoms with Crippen molar-refractivity contribution < 1.29 is 24.5 Å². The zero-order chi connectivity index (χ0) is 35.5. The Balaban J connectivity index is 0.000000218. The summed E-state index contributed by atoms with van der Waals surface area (Å²) in [5.74, 6) is 7.64. The Morgan fingerprint density at radius 3 is 2.00 bits per heavy atom. The van der Waals surface area contributed by atoms with Crippen LogP contribution in [0.25, 0.3) is 66.7 Å². The van der Waals surface area contributed by atoms with Crippen LogP contribution < -0.4 is 4.40 Å². The van der Waals surface area contributed by atoms with Crippen LogP contribution >= 0.6 is 0 Å². The van der Waals surface area contributed by atoms with Crippen molar-refractivity contribution in [2.75, 3.05) is 0 Å². The molecule has 3 heterocycles. The molecule has 3 aromatic heterocycles. The molecular formula is C47H42GeIrN2O-2. The number of hydrogen-bond acceptors (Lipinski definition) is 3. The van der Waals surface area contributed by atoms with Crippen molar-refractivity contribution >= 4 is 39.6 Å². The standard InChI is InChI=1S/C32H24NO.C15H18GeN.Ir/c1-21(2)25-17-18-33-30(19-25)29-10-6-9-28-27-16-15-26(20-31(27)34-32(28)29)24-13-11-23(12-14-24)22-7-4-3-5-8-22;1-12-10-15(13-8-6-5-7-9-13)17-11-14(12)16(2,3)4;/h3-9,11-21H,1-2H3;5-8,10-11H,1-4H3;/q2*-1;. The van der Waals surface area contributed by atoms with Crippen molar-refractivity contribution in [3.05, 3.63) is 163 Å². The fourth-order valence-corrected chi connectivity index (χ4v) is 10.2. The van der Waals surface area contributed by atoms with E-state index < -0.39 is 13.3 Å². The SMILES string of the molecule is CC(C)c1ccnc(-c2[c-]ccc3c2oc2cc(-c4ccc(-c5ccccc5)cc4)ccc23)c1.Cc1cc(-c2[c-]cccc2)nc[c]1[Ge]([CH3])([CH3])[CH3].[Ir]. The third-order valence-corrected chi connectivity index (χ3v) is 13.9. The van der Waals surface area contributed by atoms with Gasteiger partial charge in [0.15, 0.2) is 0 Å². The summed E-state index contributed by atoms with van der Waals surface area (Å²) in [6.07, 6.45) is 3.95. The maximum atomic E-state index is 6.42. The normalized spacial score (nSPS) is 11.3. The van der Waals surface area contributed by atoms with Crippen LogP contribution in [0.2, 0.25) is 17.3 Å². The largest absolute Gasteiger partial charge is 0 e. The maximum Gasteiger partial charge on any atom is 0 e. The molecule has 5 aromatic carbocycles. The second kappa shape index (κ2) is 16.0. The quantitative estimate of drug-likeness (QED) is 0.123. The van der Waals surface area contributed by atoms with E-state index in [9.17, 15) is 0 Å². The van der Waals surface area contributed by atoms with E-state index >= 15 is 0 Å². The molecule has 52 heavy (non-hydrogen) atoms. The molecule has 0 fully saturated rings. The minimum atomic E-state index is -1.77. The van der Waals surface area contributed by atoms with E-state index in [4.69, 9.17) is 4.42 Å². The van der Waals surface area contributed by atoms with Gasteiger partial charge >= 0.3 is 106 Å². The predicted molar refractivity (Wildman–Crippen MR) is 217 cm³/mol. The average Bonchev–Trinajstić information content (AvgIpc) is 3.53. The Hall–Kier alpha value is -4.61. The fraction of sp³-hybridized carbons (Fsp3) is 0.149. The molecule has 0 amide bonds. The smallest absolute Gasteiger partial charge is 0 e. The Labute approximate surface area is 323 Å². The number of benzene rings is 5. The summed E-state index contributed by atoms with van der Waals surface area (Å²) in [4.78, 5) is 9.21. The molecule has 0 saturated carbocycles. The van der Waals surface area contributed by atoms with Gasteiger partial charge in [0, 0.05) is 31.7 Å². The van der Waals surface area contributed by atoms with Crippen molar-refractivity contribution in [3.63, 3.8) is 0 Å². The van der Waals surface area contributed by atoms with Gasteiger partial charge in [0.05, 0.1) is 5.58 Å². The first-order valence-electron chi connectivity index (χ1n) is 17.6. The van der Waals surface area contributed by atoms with Gasteiger partial charge < -0.3 is 9.40 Å². The molecule has 0 aliphatic heterocycles. The summed E-state index contributed by atoms with van der Waals surface area (Å²) in [7, 11) is 0. The first-order valence-corrected chi connectivity index (χ1v) is 24.9. The zero-order valence-corrected chi connectivity index (χ0v) is 35.0. The number of furan rings is 1. The van der Waals surface area contributed by atoms with Crippen molar-refractivity contribution in [1.82, 2.24) is 9.97 Å². The van der Waals surface area contributed by atoms with E-state index in [-0.39, 0.29) is 20.1 Å². The number of fused-ring (bicyclic) bond motifs is 3. The molecule has 0 spiro atoms. The Morgan fingerprint density at radius 1 is 0.635 bits per heavy atom. The zero-order valence-electron chi connectivity index (χ0n) is 30.5. The van der Waals surface area contributed by atoms with Gasteiger partial charge in [0.25, 0.3) is 0 Å². The van der Waals surface area contributed by atoms with Gasteiger partial charge in [-0.05, 0) is 46.0 Å². The number of rotatable bonds is 6. The van der Waals surface area contributed by atoms with Gasteiger partial charge in [0.1, 0.15) is 5.58 Å².